The molecule has 2 bridgehead atoms. The van der Waals surface area contributed by atoms with Gasteiger partial charge in [0.2, 0.25) is 11.8 Å². The molecular formula is C34H35ClN4O6. The van der Waals surface area contributed by atoms with Crippen LogP contribution in [0.4, 0.5) is 16.2 Å². The Morgan fingerprint density at radius 1 is 1.07 bits per heavy atom. The summed E-state index contributed by atoms with van der Waals surface area (Å²) >= 11 is 6.35. The first-order valence-corrected chi connectivity index (χ1v) is 15.6. The summed E-state index contributed by atoms with van der Waals surface area (Å²) in [6, 6.07) is 14.5. The summed E-state index contributed by atoms with van der Waals surface area (Å²) in [5, 5.41) is 6.33. The lowest BCUT2D eigenvalue weighted by molar-refractivity contribution is -0.141. The number of aromatic nitrogens is 1. The second-order valence-electron chi connectivity index (χ2n) is 12.0. The topological polar surface area (TPSA) is 127 Å². The molecule has 4 heterocycles. The fourth-order valence-corrected chi connectivity index (χ4v) is 6.79. The fourth-order valence-electron chi connectivity index (χ4n) is 6.62. The van der Waals surface area contributed by atoms with Gasteiger partial charge >= 0.3 is 12.1 Å². The zero-order chi connectivity index (χ0) is 31.7. The maximum Gasteiger partial charge on any atom is 0.412 e. The smallest absolute Gasteiger partial charge is 0.412 e. The van der Waals surface area contributed by atoms with Crippen molar-refractivity contribution in [3.63, 3.8) is 0 Å². The van der Waals surface area contributed by atoms with Crippen molar-refractivity contribution in [2.75, 3.05) is 30.8 Å². The first kappa shape index (κ1) is 30.6. The van der Waals surface area contributed by atoms with E-state index in [9.17, 15) is 19.2 Å². The van der Waals surface area contributed by atoms with Crippen molar-refractivity contribution in [1.29, 1.82) is 0 Å². The van der Waals surface area contributed by atoms with E-state index in [1.807, 2.05) is 31.2 Å². The lowest BCUT2D eigenvalue weighted by Crippen LogP contribution is -2.54. The van der Waals surface area contributed by atoms with E-state index in [1.165, 1.54) is 7.11 Å². The molecule has 1 aromatic heterocycles. The number of ether oxygens (including phenoxy) is 2. The molecule has 0 saturated carbocycles. The summed E-state index contributed by atoms with van der Waals surface area (Å²) < 4.78 is 10.8. The number of likely N-dealkylation sites (tertiary alicyclic amines) is 1. The Morgan fingerprint density at radius 2 is 1.91 bits per heavy atom. The highest BCUT2D eigenvalue weighted by Crippen LogP contribution is 2.44. The molecule has 0 radical (unpaired) electrons. The lowest BCUT2D eigenvalue weighted by Gasteiger charge is -2.45. The van der Waals surface area contributed by atoms with Crippen LogP contribution in [0.1, 0.15) is 61.8 Å². The number of piperidine rings is 1. The minimum atomic E-state index is -1.01. The normalized spacial score (nSPS) is 22.9. The van der Waals surface area contributed by atoms with Crippen LogP contribution < -0.4 is 10.6 Å². The molecular weight excluding hydrogens is 596 g/mol. The van der Waals surface area contributed by atoms with Crippen LogP contribution in [0.3, 0.4) is 0 Å². The molecule has 3 aromatic rings. The van der Waals surface area contributed by atoms with E-state index in [4.69, 9.17) is 21.1 Å². The van der Waals surface area contributed by atoms with Gasteiger partial charge in [-0.2, -0.15) is 0 Å². The lowest BCUT2D eigenvalue weighted by atomic mass is 9.82. The number of esters is 1. The number of rotatable bonds is 3. The summed E-state index contributed by atoms with van der Waals surface area (Å²) in [4.78, 5) is 58.7. The third-order valence-electron chi connectivity index (χ3n) is 9.01. The maximum absolute atomic E-state index is 14.4. The highest BCUT2D eigenvalue weighted by molar-refractivity contribution is 6.30. The molecule has 3 amide bonds. The number of pyridine rings is 1. The van der Waals surface area contributed by atoms with Gasteiger partial charge < -0.3 is 19.7 Å². The van der Waals surface area contributed by atoms with Crippen LogP contribution in [0.2, 0.25) is 5.02 Å². The van der Waals surface area contributed by atoms with Crippen LogP contribution in [0, 0.1) is 5.92 Å². The third-order valence-corrected chi connectivity index (χ3v) is 9.24. The standard InChI is InChI=1S/C34H35ClN4O6/c1-20-5-3-6-25(32(42)39-14-4-12-34(19-39)26-18-23(35)8-10-27(26)38-33(43)45-34)28-17-22(11-13-36-28)24-9-7-21(16-30(40)44-2)15-29(24)37-31(20)41/h7-11,13,15,17-18,20,25H,3-6,12,14,16,19H2,1-2H3,(H,37,41)(H,38,43)/t20-,25-,34+/m1/s1. The number of methoxy groups -OCH3 is 1. The monoisotopic (exact) mass is 630 g/mol. The van der Waals surface area contributed by atoms with Crippen LogP contribution in [-0.4, -0.2) is 54.0 Å². The Labute approximate surface area is 266 Å². The first-order valence-electron chi connectivity index (χ1n) is 15.2. The second kappa shape index (κ2) is 12.5. The molecule has 1 spiro atoms. The van der Waals surface area contributed by atoms with Crippen LogP contribution in [0.5, 0.6) is 0 Å². The predicted molar refractivity (Wildman–Crippen MR) is 169 cm³/mol. The van der Waals surface area contributed by atoms with Gasteiger partial charge in [-0.3, -0.25) is 24.7 Å². The number of fused-ring (bicyclic) bond motifs is 6. The fraction of sp³-hybridized carbons (Fsp3) is 0.382. The van der Waals surface area contributed by atoms with Crippen molar-refractivity contribution in [2.45, 2.75) is 57.0 Å². The number of benzene rings is 2. The van der Waals surface area contributed by atoms with Gasteiger partial charge in [-0.25, -0.2) is 4.79 Å². The summed E-state index contributed by atoms with van der Waals surface area (Å²) in [5.41, 5.74) is 3.85. The van der Waals surface area contributed by atoms with Crippen molar-refractivity contribution in [3.8, 4) is 11.1 Å². The van der Waals surface area contributed by atoms with E-state index >= 15 is 0 Å². The van der Waals surface area contributed by atoms with E-state index in [2.05, 4.69) is 15.6 Å². The van der Waals surface area contributed by atoms with E-state index in [1.54, 1.807) is 35.4 Å². The Kier molecular flexibility index (Phi) is 8.50. The number of halogens is 1. The molecule has 0 unspecified atom stereocenters. The summed E-state index contributed by atoms with van der Waals surface area (Å²) in [6.45, 7) is 2.59. The molecule has 2 N–H and O–H groups in total. The molecule has 1 fully saturated rings. The second-order valence-corrected chi connectivity index (χ2v) is 12.5. The predicted octanol–water partition coefficient (Wildman–Crippen LogP) is 6.04. The molecule has 3 aliphatic rings. The summed E-state index contributed by atoms with van der Waals surface area (Å²) in [5.74, 6) is -1.47. The van der Waals surface area contributed by atoms with Gasteiger partial charge in [-0.15, -0.1) is 0 Å². The Morgan fingerprint density at radius 3 is 2.73 bits per heavy atom. The van der Waals surface area contributed by atoms with Gasteiger partial charge in [0.05, 0.1) is 37.4 Å². The van der Waals surface area contributed by atoms with Crippen LogP contribution in [-0.2, 0) is 35.9 Å². The van der Waals surface area contributed by atoms with E-state index in [0.717, 1.165) is 16.7 Å². The molecule has 6 rings (SSSR count). The number of anilines is 2. The zero-order valence-electron chi connectivity index (χ0n) is 25.2. The third kappa shape index (κ3) is 6.24. The van der Waals surface area contributed by atoms with Crippen molar-refractivity contribution >= 4 is 46.9 Å². The molecule has 11 heteroatoms. The number of hydrogen-bond donors (Lipinski definition) is 2. The van der Waals surface area contributed by atoms with Gasteiger partial charge in [-0.05, 0) is 73.2 Å². The van der Waals surface area contributed by atoms with Crippen LogP contribution in [0.25, 0.3) is 11.1 Å². The SMILES string of the molecule is COC(=O)Cc1ccc2c(c1)NC(=O)[C@H](C)CCC[C@@H](C(=O)N1CCC[C@@]3(C1)OC(=O)Nc1ccc(Cl)cc13)c1cc-2ccn1. The molecule has 2 aromatic carbocycles. The summed E-state index contributed by atoms with van der Waals surface area (Å²) in [7, 11) is 1.34. The number of carbonyl (C=O) groups excluding carboxylic acids is 4. The van der Waals surface area contributed by atoms with Crippen LogP contribution in [0.15, 0.2) is 54.7 Å². The number of hydrogen-bond acceptors (Lipinski definition) is 7. The molecule has 0 aliphatic carbocycles. The minimum Gasteiger partial charge on any atom is -0.469 e. The van der Waals surface area contributed by atoms with Gasteiger partial charge in [0, 0.05) is 40.5 Å². The summed E-state index contributed by atoms with van der Waals surface area (Å²) in [6.07, 6.45) is 4.12. The first-order chi connectivity index (χ1) is 21.7. The van der Waals surface area contributed by atoms with Gasteiger partial charge in [0.1, 0.15) is 0 Å². The van der Waals surface area contributed by atoms with Crippen molar-refractivity contribution in [1.82, 2.24) is 9.88 Å². The zero-order valence-corrected chi connectivity index (χ0v) is 26.0. The van der Waals surface area contributed by atoms with Crippen molar-refractivity contribution in [3.05, 3.63) is 76.6 Å². The van der Waals surface area contributed by atoms with E-state index in [0.29, 0.717) is 66.3 Å². The highest BCUT2D eigenvalue weighted by Gasteiger charge is 2.47. The molecule has 45 heavy (non-hydrogen) atoms. The minimum absolute atomic E-state index is 0.0761. The molecule has 3 aliphatic heterocycles. The molecule has 3 atom stereocenters. The van der Waals surface area contributed by atoms with Crippen molar-refractivity contribution in [2.24, 2.45) is 5.92 Å². The Balaban J connectivity index is 1.35. The molecule has 1 saturated heterocycles. The average molecular weight is 631 g/mol. The van der Waals surface area contributed by atoms with Gasteiger partial charge in [0.25, 0.3) is 0 Å². The molecule has 234 valence electrons. The largest absolute Gasteiger partial charge is 0.469 e. The van der Waals surface area contributed by atoms with Crippen LogP contribution >= 0.6 is 11.6 Å². The number of amides is 3. The van der Waals surface area contributed by atoms with E-state index in [-0.39, 0.29) is 36.7 Å². The average Bonchev–Trinajstić information content (AvgIpc) is 3.03. The number of nitrogens with one attached hydrogen (secondary N) is 2. The van der Waals surface area contributed by atoms with E-state index < -0.39 is 17.6 Å². The highest BCUT2D eigenvalue weighted by atomic mass is 35.5. The Bertz CT molecular complexity index is 1680. The number of nitrogens with zero attached hydrogens (tertiary/aromatic N) is 2. The molecule has 10 nitrogen and oxygen atoms in total. The van der Waals surface area contributed by atoms with Crippen molar-refractivity contribution < 1.29 is 28.7 Å². The van der Waals surface area contributed by atoms with Gasteiger partial charge in [0.15, 0.2) is 5.60 Å². The maximum atomic E-state index is 14.4. The van der Waals surface area contributed by atoms with Gasteiger partial charge in [-0.1, -0.05) is 37.1 Å². The number of carbonyl (C=O) groups is 4. The quantitative estimate of drug-likeness (QED) is 0.338. The Hall–Kier alpha value is -4.44.